The number of hydrogen-bond donors (Lipinski definition) is 0. The molecule has 274 valence electrons. The maximum absolute atomic E-state index is 2.54. The third-order valence-electron chi connectivity index (χ3n) is 12.2. The van der Waals surface area contributed by atoms with Crippen molar-refractivity contribution in [2.45, 2.75) is 66.2 Å². The van der Waals surface area contributed by atoms with E-state index in [0.29, 0.717) is 0 Å². The van der Waals surface area contributed by atoms with Gasteiger partial charge in [0.2, 0.25) is 0 Å². The lowest BCUT2D eigenvalue weighted by Gasteiger charge is -2.44. The Bertz CT molecular complexity index is 2660. The van der Waals surface area contributed by atoms with Gasteiger partial charge in [0.1, 0.15) is 0 Å². The number of aryl methyl sites for hydroxylation is 2. The fourth-order valence-corrected chi connectivity index (χ4v) is 9.34. The van der Waals surface area contributed by atoms with Gasteiger partial charge in [-0.05, 0) is 113 Å². The molecule has 4 heteroatoms. The van der Waals surface area contributed by atoms with E-state index in [9.17, 15) is 0 Å². The molecule has 0 amide bonds. The average Bonchev–Trinajstić information content (AvgIpc) is 3.52. The van der Waals surface area contributed by atoms with Gasteiger partial charge in [-0.3, -0.25) is 0 Å². The van der Waals surface area contributed by atoms with Gasteiger partial charge in [0.25, 0.3) is 6.71 Å². The lowest BCUT2D eigenvalue weighted by molar-refractivity contribution is 0.590. The van der Waals surface area contributed by atoms with Crippen LogP contribution in [0.1, 0.15) is 63.8 Å². The summed E-state index contributed by atoms with van der Waals surface area (Å²) in [6, 6.07) is 55.4. The van der Waals surface area contributed by atoms with E-state index in [-0.39, 0.29) is 17.5 Å². The maximum atomic E-state index is 2.54. The summed E-state index contributed by atoms with van der Waals surface area (Å²) in [5.74, 6) is 0. The van der Waals surface area contributed by atoms with Crippen LogP contribution in [0.2, 0.25) is 0 Å². The molecule has 0 atom stereocenters. The molecule has 0 bridgehead atoms. The minimum Gasteiger partial charge on any atom is -0.311 e. The molecule has 0 spiro atoms. The highest BCUT2D eigenvalue weighted by Gasteiger charge is 2.44. The van der Waals surface area contributed by atoms with Crippen LogP contribution in [0.25, 0.3) is 27.5 Å². The van der Waals surface area contributed by atoms with Crippen LogP contribution in [0.5, 0.6) is 0 Å². The molecule has 0 unspecified atom stereocenters. The first-order valence-electron chi connectivity index (χ1n) is 20.1. The fraction of sp³-hybridized carbons (Fsp3) is 0.192. The molecular formula is C52H48BN3. The molecule has 2 aliphatic rings. The van der Waals surface area contributed by atoms with Crippen LogP contribution in [0.4, 0.5) is 34.1 Å². The first-order chi connectivity index (χ1) is 26.9. The van der Waals surface area contributed by atoms with E-state index < -0.39 is 0 Å². The molecule has 1 aromatic heterocycles. The van der Waals surface area contributed by atoms with E-state index in [1.165, 1.54) is 94.6 Å². The van der Waals surface area contributed by atoms with Crippen LogP contribution in [0.15, 0.2) is 146 Å². The summed E-state index contributed by atoms with van der Waals surface area (Å²) < 4.78 is 2.48. The van der Waals surface area contributed by atoms with Crippen molar-refractivity contribution in [2.24, 2.45) is 0 Å². The van der Waals surface area contributed by atoms with Crippen molar-refractivity contribution in [3.8, 4) is 5.69 Å². The molecule has 7 aromatic carbocycles. The Kier molecular flexibility index (Phi) is 7.55. The summed E-state index contributed by atoms with van der Waals surface area (Å²) in [5.41, 5.74) is 20.1. The Hall–Kier alpha value is -6.00. The van der Waals surface area contributed by atoms with E-state index in [1.807, 2.05) is 0 Å². The highest BCUT2D eigenvalue weighted by molar-refractivity contribution is 7.00. The fourth-order valence-electron chi connectivity index (χ4n) is 9.34. The maximum Gasteiger partial charge on any atom is 0.252 e. The lowest BCUT2D eigenvalue weighted by atomic mass is 9.33. The number of anilines is 6. The average molecular weight is 726 g/mol. The zero-order chi connectivity index (χ0) is 38.7. The first kappa shape index (κ1) is 34.5. The van der Waals surface area contributed by atoms with Gasteiger partial charge in [-0.15, -0.1) is 0 Å². The van der Waals surface area contributed by atoms with Crippen LogP contribution in [-0.2, 0) is 10.8 Å². The highest BCUT2D eigenvalue weighted by atomic mass is 15.2. The van der Waals surface area contributed by atoms with Crippen molar-refractivity contribution in [2.75, 3.05) is 9.80 Å². The molecule has 10 rings (SSSR count). The summed E-state index contributed by atoms with van der Waals surface area (Å²) in [6.07, 6.45) is 0. The number of fused-ring (bicyclic) bond motifs is 7. The Morgan fingerprint density at radius 3 is 1.23 bits per heavy atom. The number of benzene rings is 7. The van der Waals surface area contributed by atoms with Gasteiger partial charge in [-0.1, -0.05) is 138 Å². The van der Waals surface area contributed by atoms with Crippen LogP contribution in [0, 0.1) is 13.8 Å². The van der Waals surface area contributed by atoms with E-state index in [4.69, 9.17) is 0 Å². The minimum atomic E-state index is 0.0563. The molecule has 0 N–H and O–H groups in total. The standard InChI is InChI=1S/C52H48BN3/c1-33-17-27-46-42(29-33)53-43-30-34(2)18-28-47(43)55(38-25-21-36(22-26-38)52(6,7)8)49-32-39(56-44-15-11-9-13-40(44)41-14-10-12-16-45(41)56)31-48(50(49)53)54(46)37-23-19-35(20-24-37)51(3,4)5/h9-32H,1-8H3. The van der Waals surface area contributed by atoms with Gasteiger partial charge in [0.05, 0.1) is 16.7 Å². The van der Waals surface area contributed by atoms with Gasteiger partial charge in [-0.2, -0.15) is 0 Å². The van der Waals surface area contributed by atoms with Gasteiger partial charge in [0, 0.05) is 44.9 Å². The lowest BCUT2D eigenvalue weighted by Crippen LogP contribution is -2.61. The Morgan fingerprint density at radius 2 is 0.821 bits per heavy atom. The summed E-state index contributed by atoms with van der Waals surface area (Å²) in [4.78, 5) is 5.07. The first-order valence-corrected chi connectivity index (χ1v) is 20.1. The predicted molar refractivity (Wildman–Crippen MR) is 242 cm³/mol. The molecule has 0 fully saturated rings. The summed E-state index contributed by atoms with van der Waals surface area (Å²) >= 11 is 0. The topological polar surface area (TPSA) is 11.4 Å². The molecule has 3 nitrogen and oxygen atoms in total. The quantitative estimate of drug-likeness (QED) is 0.168. The van der Waals surface area contributed by atoms with Gasteiger partial charge < -0.3 is 14.4 Å². The summed E-state index contributed by atoms with van der Waals surface area (Å²) in [6.45, 7) is 18.3. The van der Waals surface area contributed by atoms with Crippen LogP contribution in [0.3, 0.4) is 0 Å². The summed E-state index contributed by atoms with van der Waals surface area (Å²) in [7, 11) is 0. The number of aromatic nitrogens is 1. The number of hydrogen-bond acceptors (Lipinski definition) is 2. The molecule has 2 aliphatic heterocycles. The van der Waals surface area contributed by atoms with Gasteiger partial charge in [-0.25, -0.2) is 0 Å². The number of nitrogens with zero attached hydrogens (tertiary/aromatic N) is 3. The largest absolute Gasteiger partial charge is 0.311 e. The second-order valence-electron chi connectivity index (χ2n) is 18.1. The normalized spacial score (nSPS) is 13.6. The van der Waals surface area contributed by atoms with Crippen molar-refractivity contribution in [1.82, 2.24) is 4.57 Å². The molecule has 56 heavy (non-hydrogen) atoms. The Balaban J connectivity index is 1.34. The van der Waals surface area contributed by atoms with E-state index in [2.05, 4.69) is 215 Å². The van der Waals surface area contributed by atoms with Crippen molar-refractivity contribution < 1.29 is 0 Å². The second kappa shape index (κ2) is 12.3. The van der Waals surface area contributed by atoms with Crippen molar-refractivity contribution in [3.05, 3.63) is 168 Å². The SMILES string of the molecule is Cc1ccc2c(c1)B1c3cc(C)ccc3N(c3ccc(C(C)(C)C)cc3)c3cc(-n4c5ccccc5c5ccccc54)cc(c31)N2c1ccc(C(C)(C)C)cc1. The Labute approximate surface area is 331 Å². The van der Waals surface area contributed by atoms with Crippen LogP contribution in [-0.4, -0.2) is 11.3 Å². The molecule has 0 saturated heterocycles. The highest BCUT2D eigenvalue weighted by Crippen LogP contribution is 2.47. The smallest absolute Gasteiger partial charge is 0.252 e. The molecule has 0 saturated carbocycles. The Morgan fingerprint density at radius 1 is 0.411 bits per heavy atom. The second-order valence-corrected chi connectivity index (χ2v) is 18.1. The zero-order valence-corrected chi connectivity index (χ0v) is 33.8. The van der Waals surface area contributed by atoms with Crippen molar-refractivity contribution in [3.63, 3.8) is 0 Å². The zero-order valence-electron chi connectivity index (χ0n) is 33.8. The predicted octanol–water partition coefficient (Wildman–Crippen LogP) is 12.1. The van der Waals surface area contributed by atoms with Crippen LogP contribution < -0.4 is 26.2 Å². The van der Waals surface area contributed by atoms with Gasteiger partial charge in [0.15, 0.2) is 0 Å². The van der Waals surface area contributed by atoms with Crippen molar-refractivity contribution in [1.29, 1.82) is 0 Å². The third-order valence-corrected chi connectivity index (χ3v) is 12.2. The molecular weight excluding hydrogens is 677 g/mol. The van der Waals surface area contributed by atoms with Crippen molar-refractivity contribution >= 4 is 79.0 Å². The number of para-hydroxylation sites is 2. The summed E-state index contributed by atoms with van der Waals surface area (Å²) in [5, 5.41) is 2.52. The van der Waals surface area contributed by atoms with E-state index >= 15 is 0 Å². The number of rotatable bonds is 3. The molecule has 8 aromatic rings. The monoisotopic (exact) mass is 725 g/mol. The molecule has 0 radical (unpaired) electrons. The molecule has 0 aliphatic carbocycles. The van der Waals surface area contributed by atoms with E-state index in [0.717, 1.165) is 5.69 Å². The molecule has 3 heterocycles. The minimum absolute atomic E-state index is 0.0563. The van der Waals surface area contributed by atoms with Crippen LogP contribution >= 0.6 is 0 Å². The third kappa shape index (κ3) is 5.26. The van der Waals surface area contributed by atoms with E-state index in [1.54, 1.807) is 0 Å². The van der Waals surface area contributed by atoms with Gasteiger partial charge >= 0.3 is 0 Å².